The summed E-state index contributed by atoms with van der Waals surface area (Å²) in [6.07, 6.45) is 0. The van der Waals surface area contributed by atoms with Crippen LogP contribution in [0.4, 0.5) is 0 Å². The van der Waals surface area contributed by atoms with Gasteiger partial charge in [0.25, 0.3) is 0 Å². The molecule has 3 heteroatoms. The molecular weight excluding hydrogens is 252 g/mol. The van der Waals surface area contributed by atoms with Gasteiger partial charge in [0.1, 0.15) is 5.75 Å². The van der Waals surface area contributed by atoms with Gasteiger partial charge in [0.15, 0.2) is 11.5 Å². The minimum atomic E-state index is 0.243. The first-order valence-corrected chi connectivity index (χ1v) is 6.91. The third-order valence-corrected chi connectivity index (χ3v) is 3.57. The van der Waals surface area contributed by atoms with Gasteiger partial charge in [-0.15, -0.1) is 0 Å². The van der Waals surface area contributed by atoms with Gasteiger partial charge in [-0.25, -0.2) is 0 Å². The fourth-order valence-electron chi connectivity index (χ4n) is 2.48. The zero-order valence-corrected chi connectivity index (χ0v) is 11.8. The summed E-state index contributed by atoms with van der Waals surface area (Å²) in [6, 6.07) is 14.4. The molecule has 0 saturated carbocycles. The Balaban J connectivity index is 2.03. The van der Waals surface area contributed by atoms with Crippen molar-refractivity contribution in [2.24, 2.45) is 0 Å². The monoisotopic (exact) mass is 270 g/mol. The van der Waals surface area contributed by atoms with E-state index in [0.29, 0.717) is 6.61 Å². The molecule has 1 aliphatic heterocycles. The second kappa shape index (κ2) is 5.45. The first-order valence-electron chi connectivity index (χ1n) is 6.91. The summed E-state index contributed by atoms with van der Waals surface area (Å²) in [5, 5.41) is 0. The lowest BCUT2D eigenvalue weighted by molar-refractivity contribution is 0.173. The summed E-state index contributed by atoms with van der Waals surface area (Å²) in [7, 11) is 0. The van der Waals surface area contributed by atoms with Crippen molar-refractivity contribution >= 4 is 0 Å². The second-order valence-corrected chi connectivity index (χ2v) is 4.81. The second-order valence-electron chi connectivity index (χ2n) is 4.81. The third-order valence-electron chi connectivity index (χ3n) is 3.57. The SMILES string of the molecule is CCOc1cc2c(cc1C(C)c1ccccc1)OCO2. The van der Waals surface area contributed by atoms with Crippen molar-refractivity contribution in [3.05, 3.63) is 53.6 Å². The number of fused-ring (bicyclic) bond motifs is 1. The van der Waals surface area contributed by atoms with Crippen LogP contribution in [-0.2, 0) is 0 Å². The average molecular weight is 270 g/mol. The normalized spacial score (nSPS) is 14.1. The van der Waals surface area contributed by atoms with Crippen LogP contribution in [0.25, 0.3) is 0 Å². The van der Waals surface area contributed by atoms with Gasteiger partial charge in [-0.3, -0.25) is 0 Å². The van der Waals surface area contributed by atoms with E-state index < -0.39 is 0 Å². The number of hydrogen-bond donors (Lipinski definition) is 0. The van der Waals surface area contributed by atoms with Crippen LogP contribution >= 0.6 is 0 Å². The van der Waals surface area contributed by atoms with Gasteiger partial charge >= 0.3 is 0 Å². The fraction of sp³-hybridized carbons (Fsp3) is 0.294. The van der Waals surface area contributed by atoms with Crippen molar-refractivity contribution in [2.75, 3.05) is 13.4 Å². The van der Waals surface area contributed by atoms with Crippen molar-refractivity contribution < 1.29 is 14.2 Å². The van der Waals surface area contributed by atoms with Crippen LogP contribution in [0.2, 0.25) is 0 Å². The quantitative estimate of drug-likeness (QED) is 0.841. The summed E-state index contributed by atoms with van der Waals surface area (Å²) in [4.78, 5) is 0. The number of hydrogen-bond acceptors (Lipinski definition) is 3. The predicted molar refractivity (Wildman–Crippen MR) is 77.7 cm³/mol. The molecule has 0 radical (unpaired) electrons. The van der Waals surface area contributed by atoms with E-state index in [1.54, 1.807) is 0 Å². The van der Waals surface area contributed by atoms with Crippen molar-refractivity contribution in [1.29, 1.82) is 0 Å². The molecule has 0 spiro atoms. The summed E-state index contributed by atoms with van der Waals surface area (Å²) in [5.41, 5.74) is 2.38. The van der Waals surface area contributed by atoms with Crippen molar-refractivity contribution in [2.45, 2.75) is 19.8 Å². The van der Waals surface area contributed by atoms with Crippen molar-refractivity contribution in [3.8, 4) is 17.2 Å². The third kappa shape index (κ3) is 2.31. The molecule has 0 amide bonds. The van der Waals surface area contributed by atoms with Gasteiger partial charge in [0.05, 0.1) is 6.61 Å². The topological polar surface area (TPSA) is 27.7 Å². The van der Waals surface area contributed by atoms with E-state index in [4.69, 9.17) is 14.2 Å². The fourth-order valence-corrected chi connectivity index (χ4v) is 2.48. The van der Waals surface area contributed by atoms with E-state index in [1.165, 1.54) is 5.56 Å². The molecule has 3 nitrogen and oxygen atoms in total. The lowest BCUT2D eigenvalue weighted by atomic mass is 9.92. The van der Waals surface area contributed by atoms with Crippen molar-refractivity contribution in [3.63, 3.8) is 0 Å². The number of rotatable bonds is 4. The standard InChI is InChI=1S/C17H18O3/c1-3-18-15-10-17-16(19-11-20-17)9-14(15)12(2)13-7-5-4-6-8-13/h4-10,12H,3,11H2,1-2H3. The van der Waals surface area contributed by atoms with E-state index in [1.807, 2.05) is 25.1 Å². The Morgan fingerprint density at radius 1 is 1.10 bits per heavy atom. The van der Waals surface area contributed by atoms with E-state index in [9.17, 15) is 0 Å². The number of ether oxygens (including phenoxy) is 3. The van der Waals surface area contributed by atoms with Gasteiger partial charge in [0.2, 0.25) is 6.79 Å². The van der Waals surface area contributed by atoms with Crippen LogP contribution in [0, 0.1) is 0 Å². The van der Waals surface area contributed by atoms with E-state index >= 15 is 0 Å². The molecule has 0 bridgehead atoms. The van der Waals surface area contributed by atoms with Crippen LogP contribution in [0.1, 0.15) is 30.9 Å². The largest absolute Gasteiger partial charge is 0.493 e. The minimum absolute atomic E-state index is 0.243. The Morgan fingerprint density at radius 2 is 1.80 bits per heavy atom. The lowest BCUT2D eigenvalue weighted by Crippen LogP contribution is -2.02. The maximum atomic E-state index is 5.77. The smallest absolute Gasteiger partial charge is 0.231 e. The molecular formula is C17H18O3. The summed E-state index contributed by atoms with van der Waals surface area (Å²) >= 11 is 0. The highest BCUT2D eigenvalue weighted by Crippen LogP contribution is 2.42. The highest BCUT2D eigenvalue weighted by atomic mass is 16.7. The molecule has 20 heavy (non-hydrogen) atoms. The molecule has 1 heterocycles. The Labute approximate surface area is 119 Å². The predicted octanol–water partition coefficient (Wildman–Crippen LogP) is 3.97. The lowest BCUT2D eigenvalue weighted by Gasteiger charge is -2.17. The Bertz CT molecular complexity index is 593. The Morgan fingerprint density at radius 3 is 2.50 bits per heavy atom. The zero-order chi connectivity index (χ0) is 13.9. The van der Waals surface area contributed by atoms with Gasteiger partial charge in [0, 0.05) is 17.5 Å². The molecule has 0 saturated heterocycles. The van der Waals surface area contributed by atoms with Gasteiger partial charge in [-0.05, 0) is 18.6 Å². The molecule has 104 valence electrons. The highest BCUT2D eigenvalue weighted by Gasteiger charge is 2.21. The maximum Gasteiger partial charge on any atom is 0.231 e. The van der Waals surface area contributed by atoms with Crippen LogP contribution in [0.5, 0.6) is 17.2 Å². The van der Waals surface area contributed by atoms with Crippen LogP contribution in [0.3, 0.4) is 0 Å². The van der Waals surface area contributed by atoms with E-state index in [2.05, 4.69) is 31.2 Å². The maximum absolute atomic E-state index is 5.77. The van der Waals surface area contributed by atoms with Gasteiger partial charge < -0.3 is 14.2 Å². The van der Waals surface area contributed by atoms with Gasteiger partial charge in [-0.1, -0.05) is 37.3 Å². The first-order chi connectivity index (χ1) is 9.79. The Kier molecular flexibility index (Phi) is 3.50. The van der Waals surface area contributed by atoms with Gasteiger partial charge in [-0.2, -0.15) is 0 Å². The van der Waals surface area contributed by atoms with Crippen LogP contribution < -0.4 is 14.2 Å². The van der Waals surface area contributed by atoms with Crippen molar-refractivity contribution in [1.82, 2.24) is 0 Å². The number of benzene rings is 2. The molecule has 1 unspecified atom stereocenters. The van der Waals surface area contributed by atoms with E-state index in [-0.39, 0.29) is 12.7 Å². The molecule has 2 aromatic rings. The first kappa shape index (κ1) is 12.9. The summed E-state index contributed by atoms with van der Waals surface area (Å²) in [6.45, 7) is 5.08. The zero-order valence-electron chi connectivity index (χ0n) is 11.8. The summed E-state index contributed by atoms with van der Waals surface area (Å²) < 4.78 is 16.7. The average Bonchev–Trinajstić information content (AvgIpc) is 2.94. The molecule has 1 aliphatic rings. The summed E-state index contributed by atoms with van der Waals surface area (Å²) in [5.74, 6) is 2.67. The molecule has 0 fully saturated rings. The Hall–Kier alpha value is -2.16. The molecule has 0 aromatic heterocycles. The van der Waals surface area contributed by atoms with Crippen LogP contribution in [0.15, 0.2) is 42.5 Å². The highest BCUT2D eigenvalue weighted by molar-refractivity contribution is 5.54. The molecule has 0 N–H and O–H groups in total. The molecule has 2 aromatic carbocycles. The minimum Gasteiger partial charge on any atom is -0.493 e. The molecule has 3 rings (SSSR count). The van der Waals surface area contributed by atoms with Crippen LogP contribution in [-0.4, -0.2) is 13.4 Å². The molecule has 1 atom stereocenters. The molecule has 0 aliphatic carbocycles. The van der Waals surface area contributed by atoms with E-state index in [0.717, 1.165) is 22.8 Å².